The molecule has 0 aliphatic heterocycles. The Balaban J connectivity index is 4.19. The number of hydrogen-bond donors (Lipinski definition) is 0. The standard InChI is InChI=1S/C10H21P2/c1-6-9(4)10(5)12-11-7-8(2)3/h8-9H,6-7H2,1-5H3/q+1. The van der Waals surface area contributed by atoms with E-state index in [2.05, 4.69) is 34.6 Å². The molecule has 0 aromatic rings. The minimum atomic E-state index is 0.811. The van der Waals surface area contributed by atoms with E-state index in [1.54, 1.807) is 20.3 Å². The van der Waals surface area contributed by atoms with Gasteiger partial charge in [-0.3, -0.25) is 0 Å². The Labute approximate surface area is 79.8 Å². The summed E-state index contributed by atoms with van der Waals surface area (Å²) in [5.74, 6) is 1.66. The molecule has 0 saturated heterocycles. The SMILES string of the molecule is CCC(C)C(C)=P#[P+]CC(C)C. The van der Waals surface area contributed by atoms with Gasteiger partial charge in [0, 0.05) is 0 Å². The van der Waals surface area contributed by atoms with Crippen LogP contribution >= 0.6 is 15.0 Å². The van der Waals surface area contributed by atoms with Crippen molar-refractivity contribution < 1.29 is 0 Å². The van der Waals surface area contributed by atoms with Crippen LogP contribution in [0, 0.1) is 11.8 Å². The molecule has 2 heteroatoms. The molecule has 0 nitrogen and oxygen atoms in total. The van der Waals surface area contributed by atoms with E-state index < -0.39 is 0 Å². The summed E-state index contributed by atoms with van der Waals surface area (Å²) >= 11 is 0. The molecule has 0 aromatic heterocycles. The molecule has 0 heterocycles. The van der Waals surface area contributed by atoms with Gasteiger partial charge in [0.05, 0.1) is 0 Å². The van der Waals surface area contributed by atoms with E-state index in [4.69, 9.17) is 0 Å². The van der Waals surface area contributed by atoms with Crippen LogP contribution in [0.1, 0.15) is 41.0 Å². The van der Waals surface area contributed by atoms with Gasteiger partial charge in [-0.25, -0.2) is 0 Å². The molecule has 0 aliphatic rings. The Kier molecular flexibility index (Phi) is 7.60. The summed E-state index contributed by atoms with van der Waals surface area (Å²) in [6.45, 7) is 11.5. The normalized spacial score (nSPS) is 12.8. The second-order valence-corrected chi connectivity index (χ2v) is 6.77. The van der Waals surface area contributed by atoms with Gasteiger partial charge in [-0.1, -0.05) is 0 Å². The fraction of sp³-hybridized carbons (Fsp3) is 0.900. The zero-order valence-corrected chi connectivity index (χ0v) is 10.8. The molecule has 0 bridgehead atoms. The average molecular weight is 203 g/mol. The van der Waals surface area contributed by atoms with Crippen molar-refractivity contribution in [1.82, 2.24) is 0 Å². The van der Waals surface area contributed by atoms with E-state index in [9.17, 15) is 0 Å². The summed E-state index contributed by atoms with van der Waals surface area (Å²) in [5.41, 5.74) is 0. The van der Waals surface area contributed by atoms with Crippen molar-refractivity contribution in [3.05, 3.63) is 0 Å². The van der Waals surface area contributed by atoms with Crippen molar-refractivity contribution in [3.63, 3.8) is 0 Å². The van der Waals surface area contributed by atoms with Crippen molar-refractivity contribution in [2.75, 3.05) is 6.16 Å². The first-order valence-corrected chi connectivity index (χ1v) is 7.46. The van der Waals surface area contributed by atoms with Gasteiger partial charge in [0.25, 0.3) is 0 Å². The topological polar surface area (TPSA) is 0 Å². The van der Waals surface area contributed by atoms with Crippen LogP contribution in [-0.2, 0) is 0 Å². The molecule has 70 valence electrons. The van der Waals surface area contributed by atoms with Crippen LogP contribution in [0.5, 0.6) is 0 Å². The Morgan fingerprint density at radius 2 is 1.92 bits per heavy atom. The second kappa shape index (κ2) is 7.16. The van der Waals surface area contributed by atoms with Crippen molar-refractivity contribution in [2.24, 2.45) is 11.8 Å². The van der Waals surface area contributed by atoms with Crippen molar-refractivity contribution in [2.45, 2.75) is 41.0 Å². The van der Waals surface area contributed by atoms with Crippen molar-refractivity contribution in [1.29, 1.82) is 0 Å². The average Bonchev–Trinajstić information content (AvgIpc) is 2.02. The van der Waals surface area contributed by atoms with Gasteiger partial charge < -0.3 is 0 Å². The predicted octanol–water partition coefficient (Wildman–Crippen LogP) is 4.69. The van der Waals surface area contributed by atoms with Crippen LogP contribution in [0.4, 0.5) is 0 Å². The molecule has 0 aromatic carbocycles. The van der Waals surface area contributed by atoms with Crippen molar-refractivity contribution >= 4 is 20.3 Å². The maximum atomic E-state index is 2.33. The first-order chi connectivity index (χ1) is 5.57. The number of hydrogen-bond acceptors (Lipinski definition) is 0. The summed E-state index contributed by atoms with van der Waals surface area (Å²) in [6.07, 6.45) is 2.63. The molecule has 0 rings (SSSR count). The summed E-state index contributed by atoms with van der Waals surface area (Å²) in [7, 11) is 3.14. The molecule has 12 heavy (non-hydrogen) atoms. The first kappa shape index (κ1) is 12.7. The minimum absolute atomic E-state index is 0.811. The van der Waals surface area contributed by atoms with Crippen molar-refractivity contribution in [3.8, 4) is 0 Å². The van der Waals surface area contributed by atoms with Gasteiger partial charge in [0.1, 0.15) is 0 Å². The Morgan fingerprint density at radius 1 is 1.33 bits per heavy atom. The molecule has 0 aliphatic carbocycles. The maximum absolute atomic E-state index is 2.33. The van der Waals surface area contributed by atoms with Gasteiger partial charge in [-0.2, -0.15) is 0 Å². The van der Waals surface area contributed by atoms with E-state index in [-0.39, 0.29) is 0 Å². The molecular weight excluding hydrogens is 182 g/mol. The summed E-state index contributed by atoms with van der Waals surface area (Å²) in [6, 6.07) is 0. The van der Waals surface area contributed by atoms with E-state index in [0.29, 0.717) is 0 Å². The van der Waals surface area contributed by atoms with Gasteiger partial charge in [0.2, 0.25) is 0 Å². The molecule has 1 atom stereocenters. The molecule has 0 radical (unpaired) electrons. The quantitative estimate of drug-likeness (QED) is 0.584. The van der Waals surface area contributed by atoms with Gasteiger partial charge in [0.15, 0.2) is 0 Å². The third-order valence-corrected chi connectivity index (χ3v) is 5.65. The molecule has 0 N–H and O–H groups in total. The summed E-state index contributed by atoms with van der Waals surface area (Å²) < 4.78 is 0. The zero-order valence-electron chi connectivity index (χ0n) is 8.96. The Hall–Kier alpha value is 0.730. The Bertz CT molecular complexity index is 221. The Morgan fingerprint density at radius 3 is 2.33 bits per heavy atom. The third-order valence-electron chi connectivity index (χ3n) is 2.00. The van der Waals surface area contributed by atoms with E-state index in [1.807, 2.05) is 0 Å². The fourth-order valence-corrected chi connectivity index (χ4v) is 4.21. The van der Waals surface area contributed by atoms with E-state index in [1.165, 1.54) is 12.6 Å². The van der Waals surface area contributed by atoms with E-state index in [0.717, 1.165) is 11.8 Å². The monoisotopic (exact) mass is 203 g/mol. The van der Waals surface area contributed by atoms with Crippen LogP contribution in [0.15, 0.2) is 0 Å². The molecule has 0 spiro atoms. The van der Waals surface area contributed by atoms with Gasteiger partial charge >= 0.3 is 79.3 Å². The van der Waals surface area contributed by atoms with Crippen LogP contribution in [0.25, 0.3) is 0 Å². The van der Waals surface area contributed by atoms with Crippen LogP contribution in [0.2, 0.25) is 0 Å². The van der Waals surface area contributed by atoms with E-state index >= 15 is 0 Å². The molecule has 1 unspecified atom stereocenters. The molecule has 0 amide bonds. The third kappa shape index (κ3) is 6.27. The first-order valence-electron chi connectivity index (χ1n) is 4.78. The fourth-order valence-electron chi connectivity index (χ4n) is 0.710. The van der Waals surface area contributed by atoms with Crippen LogP contribution in [-0.4, -0.2) is 11.5 Å². The predicted molar refractivity (Wildman–Crippen MR) is 63.7 cm³/mol. The molecule has 0 saturated carbocycles. The van der Waals surface area contributed by atoms with Gasteiger partial charge in [-0.15, -0.1) is 0 Å². The number of rotatable bonds is 3. The summed E-state index contributed by atoms with van der Waals surface area (Å²) in [4.78, 5) is 0. The molecular formula is C10H21P2+. The van der Waals surface area contributed by atoms with Crippen LogP contribution < -0.4 is 0 Å². The van der Waals surface area contributed by atoms with Gasteiger partial charge in [-0.05, 0) is 0 Å². The zero-order chi connectivity index (χ0) is 9.56. The van der Waals surface area contributed by atoms with Crippen LogP contribution in [0.3, 0.4) is 0 Å². The second-order valence-electron chi connectivity index (χ2n) is 3.77. The molecule has 0 fully saturated rings. The summed E-state index contributed by atoms with van der Waals surface area (Å²) in [5, 5.41) is 1.65.